The lowest BCUT2D eigenvalue weighted by Gasteiger charge is -2.38. The van der Waals surface area contributed by atoms with Gasteiger partial charge in [0.2, 0.25) is 0 Å². The minimum absolute atomic E-state index is 0.0553. The first-order chi connectivity index (χ1) is 14.2. The normalized spacial score (nSPS) is 26.2. The third-order valence-corrected chi connectivity index (χ3v) is 7.55. The topological polar surface area (TPSA) is 42.4 Å². The van der Waals surface area contributed by atoms with Crippen molar-refractivity contribution in [1.82, 2.24) is 4.98 Å². The lowest BCUT2D eigenvalue weighted by Crippen LogP contribution is -2.32. The third-order valence-electron chi connectivity index (χ3n) is 7.30. The van der Waals surface area contributed by atoms with Crippen LogP contribution in [0.3, 0.4) is 0 Å². The fourth-order valence-electron chi connectivity index (χ4n) is 6.05. The van der Waals surface area contributed by atoms with E-state index in [1.165, 1.54) is 24.0 Å². The second-order valence-corrected chi connectivity index (χ2v) is 11.0. The number of aliphatic hydroxyl groups is 1. The van der Waals surface area contributed by atoms with Crippen LogP contribution >= 0.6 is 11.6 Å². The molecule has 2 heterocycles. The minimum Gasteiger partial charge on any atom is -0.388 e. The molecule has 2 atom stereocenters. The van der Waals surface area contributed by atoms with Gasteiger partial charge in [0.25, 0.3) is 0 Å². The molecule has 160 valence electrons. The Kier molecular flexibility index (Phi) is 4.81. The Bertz CT molecular complexity index is 974. The first-order valence-electron chi connectivity index (χ1n) is 11.4. The molecule has 1 fully saturated rings. The summed E-state index contributed by atoms with van der Waals surface area (Å²) in [4.78, 5) is 5.21. The van der Waals surface area contributed by atoms with Crippen molar-refractivity contribution in [2.75, 3.05) is 0 Å². The average molecular weight is 426 g/mol. The molecule has 1 aromatic carbocycles. The molecule has 1 aromatic heterocycles. The van der Waals surface area contributed by atoms with Gasteiger partial charge in [-0.25, -0.2) is 0 Å². The summed E-state index contributed by atoms with van der Waals surface area (Å²) in [6, 6.07) is 8.04. The lowest BCUT2D eigenvalue weighted by atomic mass is 9.70. The van der Waals surface area contributed by atoms with E-state index in [9.17, 15) is 5.11 Å². The van der Waals surface area contributed by atoms with Crippen LogP contribution in [0.25, 0.3) is 0 Å². The van der Waals surface area contributed by atoms with Gasteiger partial charge < -0.3 is 9.84 Å². The van der Waals surface area contributed by atoms with Crippen LogP contribution < -0.4 is 0 Å². The maximum Gasteiger partial charge on any atom is 0.111 e. The van der Waals surface area contributed by atoms with E-state index < -0.39 is 6.10 Å². The van der Waals surface area contributed by atoms with Crippen molar-refractivity contribution in [3.05, 3.63) is 62.9 Å². The van der Waals surface area contributed by atoms with E-state index in [4.69, 9.17) is 21.3 Å². The number of aromatic nitrogens is 1. The molecule has 2 aromatic rings. The molecule has 3 nitrogen and oxygen atoms in total. The number of fused-ring (bicyclic) bond motifs is 4. The largest absolute Gasteiger partial charge is 0.388 e. The van der Waals surface area contributed by atoms with Gasteiger partial charge in [-0.3, -0.25) is 4.98 Å². The van der Waals surface area contributed by atoms with Gasteiger partial charge in [-0.15, -0.1) is 0 Å². The molecule has 1 unspecified atom stereocenters. The molecule has 1 aliphatic heterocycles. The molecular formula is C26H32ClNO2. The quantitative estimate of drug-likeness (QED) is 0.578. The molecule has 0 bridgehead atoms. The standard InChI is InChI=1S/C26H32ClNO2/c1-15(2)23-21-22(20-18(28-23)13-25(3,4)14-19(20)29)26(11-5-6-12-26)30-24(21)16-7-9-17(27)10-8-16/h7-10,15,19,24,29H,5-6,11-14H2,1-4H3/t19?,24-/m1/s1. The number of rotatable bonds is 2. The summed E-state index contributed by atoms with van der Waals surface area (Å²) in [5, 5.41) is 12.0. The number of aliphatic hydroxyl groups excluding tert-OH is 1. The van der Waals surface area contributed by atoms with Gasteiger partial charge in [-0.05, 0) is 60.3 Å². The van der Waals surface area contributed by atoms with E-state index in [0.717, 1.165) is 53.2 Å². The molecule has 1 N–H and O–H groups in total. The van der Waals surface area contributed by atoms with Gasteiger partial charge >= 0.3 is 0 Å². The van der Waals surface area contributed by atoms with E-state index in [1.54, 1.807) is 0 Å². The van der Waals surface area contributed by atoms with Crippen LogP contribution in [0.1, 0.15) is 112 Å². The molecule has 1 saturated carbocycles. The van der Waals surface area contributed by atoms with E-state index in [1.807, 2.05) is 12.1 Å². The van der Waals surface area contributed by atoms with E-state index in [0.29, 0.717) is 5.92 Å². The Labute approximate surface area is 184 Å². The first kappa shape index (κ1) is 20.5. The second-order valence-electron chi connectivity index (χ2n) is 10.6. The van der Waals surface area contributed by atoms with Crippen LogP contribution in [0.4, 0.5) is 0 Å². The molecule has 3 aliphatic rings. The number of halogens is 1. The Morgan fingerprint density at radius 2 is 1.77 bits per heavy atom. The second kappa shape index (κ2) is 7.05. The Morgan fingerprint density at radius 1 is 1.10 bits per heavy atom. The number of benzene rings is 1. The van der Waals surface area contributed by atoms with Crippen molar-refractivity contribution >= 4 is 11.6 Å². The smallest absolute Gasteiger partial charge is 0.111 e. The summed E-state index contributed by atoms with van der Waals surface area (Å²) in [7, 11) is 0. The van der Waals surface area contributed by atoms with Crippen LogP contribution in [0.5, 0.6) is 0 Å². The van der Waals surface area contributed by atoms with Crippen LogP contribution in [0.15, 0.2) is 24.3 Å². The predicted octanol–water partition coefficient (Wildman–Crippen LogP) is 6.75. The summed E-state index contributed by atoms with van der Waals surface area (Å²) >= 11 is 6.18. The Hall–Kier alpha value is -1.42. The maximum atomic E-state index is 11.3. The summed E-state index contributed by atoms with van der Waals surface area (Å²) in [6.45, 7) is 8.92. The van der Waals surface area contributed by atoms with Crippen LogP contribution in [0.2, 0.25) is 5.02 Å². The third kappa shape index (κ3) is 3.13. The molecular weight excluding hydrogens is 394 g/mol. The highest BCUT2D eigenvalue weighted by atomic mass is 35.5. The molecule has 2 aliphatic carbocycles. The number of pyridine rings is 1. The van der Waals surface area contributed by atoms with Crippen molar-refractivity contribution in [3.63, 3.8) is 0 Å². The van der Waals surface area contributed by atoms with E-state index >= 15 is 0 Å². The fraction of sp³-hybridized carbons (Fsp3) is 0.577. The molecule has 0 radical (unpaired) electrons. The molecule has 1 spiro atoms. The monoisotopic (exact) mass is 425 g/mol. The maximum absolute atomic E-state index is 11.3. The van der Waals surface area contributed by atoms with Crippen molar-refractivity contribution in [1.29, 1.82) is 0 Å². The predicted molar refractivity (Wildman–Crippen MR) is 120 cm³/mol. The highest BCUT2D eigenvalue weighted by Crippen LogP contribution is 2.59. The number of ether oxygens (including phenoxy) is 1. The summed E-state index contributed by atoms with van der Waals surface area (Å²) in [6.07, 6.45) is 5.45. The number of hydrogen-bond acceptors (Lipinski definition) is 3. The van der Waals surface area contributed by atoms with Crippen LogP contribution in [-0.2, 0) is 16.8 Å². The van der Waals surface area contributed by atoms with Gasteiger partial charge in [0.05, 0.1) is 11.7 Å². The number of nitrogens with zero attached hydrogens (tertiary/aromatic N) is 1. The van der Waals surface area contributed by atoms with Crippen molar-refractivity contribution in [3.8, 4) is 0 Å². The summed E-state index contributed by atoms with van der Waals surface area (Å²) < 4.78 is 6.97. The Balaban J connectivity index is 1.79. The molecule has 4 heteroatoms. The van der Waals surface area contributed by atoms with Crippen LogP contribution in [0, 0.1) is 5.41 Å². The average Bonchev–Trinajstić information content (AvgIpc) is 3.26. The first-order valence-corrected chi connectivity index (χ1v) is 11.8. The van der Waals surface area contributed by atoms with Gasteiger partial charge in [0, 0.05) is 27.5 Å². The molecule has 30 heavy (non-hydrogen) atoms. The molecule has 5 rings (SSSR count). The van der Waals surface area contributed by atoms with Crippen LogP contribution in [-0.4, -0.2) is 10.1 Å². The van der Waals surface area contributed by atoms with Gasteiger partial charge in [-0.1, -0.05) is 64.3 Å². The zero-order chi connectivity index (χ0) is 21.3. The van der Waals surface area contributed by atoms with Crippen molar-refractivity contribution in [2.45, 2.75) is 89.9 Å². The minimum atomic E-state index is -0.476. The fourth-order valence-corrected chi connectivity index (χ4v) is 6.18. The Morgan fingerprint density at radius 3 is 2.40 bits per heavy atom. The molecule has 0 amide bonds. The SMILES string of the molecule is CC(C)c1nc2c(c3c1[C@@H](c1ccc(Cl)cc1)OC31CCCC1)C(O)CC(C)(C)C2. The zero-order valence-corrected chi connectivity index (χ0v) is 19.2. The van der Waals surface area contributed by atoms with Crippen molar-refractivity contribution in [2.24, 2.45) is 5.41 Å². The number of hydrogen-bond donors (Lipinski definition) is 1. The summed E-state index contributed by atoms with van der Waals surface area (Å²) in [5.74, 6) is 0.293. The van der Waals surface area contributed by atoms with Gasteiger partial charge in [-0.2, -0.15) is 0 Å². The van der Waals surface area contributed by atoms with Gasteiger partial charge in [0.1, 0.15) is 6.10 Å². The van der Waals surface area contributed by atoms with Gasteiger partial charge in [0.15, 0.2) is 0 Å². The van der Waals surface area contributed by atoms with E-state index in [2.05, 4.69) is 39.8 Å². The summed E-state index contributed by atoms with van der Waals surface area (Å²) in [5.41, 5.74) is 6.68. The zero-order valence-electron chi connectivity index (χ0n) is 18.5. The van der Waals surface area contributed by atoms with E-state index in [-0.39, 0.29) is 17.1 Å². The highest BCUT2D eigenvalue weighted by Gasteiger charge is 2.52. The molecule has 0 saturated heterocycles. The lowest BCUT2D eigenvalue weighted by molar-refractivity contribution is -0.0580. The van der Waals surface area contributed by atoms with Crippen molar-refractivity contribution < 1.29 is 9.84 Å². The highest BCUT2D eigenvalue weighted by molar-refractivity contribution is 6.30.